The summed E-state index contributed by atoms with van der Waals surface area (Å²) in [6, 6.07) is 13.3. The first kappa shape index (κ1) is 14.3. The van der Waals surface area contributed by atoms with Crippen LogP contribution in [0.25, 0.3) is 0 Å². The lowest BCUT2D eigenvalue weighted by Crippen LogP contribution is -2.33. The standard InChI is InChI=1S/C15H16ClN3O/c1-19(13-5-3-2-4-6-13)10-9-17-15(20)12-7-8-14(16)18-11-12/h2-8,11H,9-10H2,1H3,(H,17,20). The van der Waals surface area contributed by atoms with Crippen LogP contribution >= 0.6 is 11.6 Å². The van der Waals surface area contributed by atoms with Gasteiger partial charge in [-0.1, -0.05) is 29.8 Å². The first-order chi connectivity index (χ1) is 9.66. The van der Waals surface area contributed by atoms with Gasteiger partial charge in [0.1, 0.15) is 5.15 Å². The fourth-order valence-electron chi connectivity index (χ4n) is 1.76. The molecular weight excluding hydrogens is 274 g/mol. The van der Waals surface area contributed by atoms with E-state index in [-0.39, 0.29) is 5.91 Å². The number of halogens is 1. The Labute approximate surface area is 123 Å². The van der Waals surface area contributed by atoms with Crippen molar-refractivity contribution in [2.24, 2.45) is 0 Å². The van der Waals surface area contributed by atoms with Gasteiger partial charge in [-0.25, -0.2) is 4.98 Å². The van der Waals surface area contributed by atoms with Crippen LogP contribution in [0.15, 0.2) is 48.7 Å². The highest BCUT2D eigenvalue weighted by Crippen LogP contribution is 2.10. The Hall–Kier alpha value is -2.07. The van der Waals surface area contributed by atoms with E-state index in [1.807, 2.05) is 37.4 Å². The molecule has 0 aliphatic rings. The molecule has 0 radical (unpaired) electrons. The number of carbonyl (C=O) groups excluding carboxylic acids is 1. The summed E-state index contributed by atoms with van der Waals surface area (Å²) in [6.45, 7) is 1.30. The van der Waals surface area contributed by atoms with Crippen molar-refractivity contribution in [2.75, 3.05) is 25.0 Å². The van der Waals surface area contributed by atoms with E-state index >= 15 is 0 Å². The molecule has 104 valence electrons. The molecule has 0 atom stereocenters. The van der Waals surface area contributed by atoms with Crippen LogP contribution in [0.4, 0.5) is 5.69 Å². The molecule has 2 aromatic rings. The van der Waals surface area contributed by atoms with Gasteiger partial charge in [0.05, 0.1) is 5.56 Å². The first-order valence-corrected chi connectivity index (χ1v) is 6.70. The molecule has 0 saturated heterocycles. The average Bonchev–Trinajstić information content (AvgIpc) is 2.48. The zero-order chi connectivity index (χ0) is 14.4. The first-order valence-electron chi connectivity index (χ1n) is 6.33. The molecule has 0 bridgehead atoms. The van der Waals surface area contributed by atoms with Gasteiger partial charge in [-0.3, -0.25) is 4.79 Å². The number of nitrogens with one attached hydrogen (secondary N) is 1. The van der Waals surface area contributed by atoms with Crippen LogP contribution in [-0.4, -0.2) is 31.0 Å². The Morgan fingerprint density at radius 2 is 2.00 bits per heavy atom. The van der Waals surface area contributed by atoms with Gasteiger partial charge in [0, 0.05) is 32.0 Å². The van der Waals surface area contributed by atoms with Crippen LogP contribution < -0.4 is 10.2 Å². The Bertz CT molecular complexity index is 557. The van der Waals surface area contributed by atoms with Crippen LogP contribution in [0.1, 0.15) is 10.4 Å². The van der Waals surface area contributed by atoms with Crippen LogP contribution in [-0.2, 0) is 0 Å². The highest BCUT2D eigenvalue weighted by molar-refractivity contribution is 6.29. The van der Waals surface area contributed by atoms with Crippen molar-refractivity contribution in [1.82, 2.24) is 10.3 Å². The van der Waals surface area contributed by atoms with E-state index in [0.29, 0.717) is 17.3 Å². The summed E-state index contributed by atoms with van der Waals surface area (Å²) in [5.74, 6) is -0.143. The molecule has 0 spiro atoms. The topological polar surface area (TPSA) is 45.2 Å². The number of amides is 1. The Morgan fingerprint density at radius 1 is 1.25 bits per heavy atom. The smallest absolute Gasteiger partial charge is 0.252 e. The number of likely N-dealkylation sites (N-methyl/N-ethyl adjacent to an activating group) is 1. The number of para-hydroxylation sites is 1. The van der Waals surface area contributed by atoms with Crippen molar-refractivity contribution in [3.8, 4) is 0 Å². The number of hydrogen-bond donors (Lipinski definition) is 1. The van der Waals surface area contributed by atoms with E-state index in [9.17, 15) is 4.79 Å². The maximum absolute atomic E-state index is 11.9. The predicted octanol–water partition coefficient (Wildman–Crippen LogP) is 2.60. The molecule has 0 fully saturated rings. The summed E-state index contributed by atoms with van der Waals surface area (Å²) in [5.41, 5.74) is 1.63. The fraction of sp³-hybridized carbons (Fsp3) is 0.200. The quantitative estimate of drug-likeness (QED) is 0.861. The summed E-state index contributed by atoms with van der Waals surface area (Å²) in [7, 11) is 1.99. The highest BCUT2D eigenvalue weighted by Gasteiger charge is 2.06. The SMILES string of the molecule is CN(CCNC(=O)c1ccc(Cl)nc1)c1ccccc1. The highest BCUT2D eigenvalue weighted by atomic mass is 35.5. The van der Waals surface area contributed by atoms with Crippen LogP contribution in [0.2, 0.25) is 5.15 Å². The molecule has 4 nitrogen and oxygen atoms in total. The molecule has 5 heteroatoms. The minimum Gasteiger partial charge on any atom is -0.373 e. The van der Waals surface area contributed by atoms with Gasteiger partial charge >= 0.3 is 0 Å². The number of nitrogens with zero attached hydrogens (tertiary/aromatic N) is 2. The van der Waals surface area contributed by atoms with E-state index in [1.54, 1.807) is 12.1 Å². The van der Waals surface area contributed by atoms with E-state index in [2.05, 4.69) is 15.2 Å². The Kier molecular flexibility index (Phi) is 4.96. The van der Waals surface area contributed by atoms with Crippen molar-refractivity contribution < 1.29 is 4.79 Å². The number of carbonyl (C=O) groups is 1. The third kappa shape index (κ3) is 3.96. The van der Waals surface area contributed by atoms with Gasteiger partial charge in [-0.15, -0.1) is 0 Å². The molecule has 0 saturated carbocycles. The second-order valence-corrected chi connectivity index (χ2v) is 4.77. The van der Waals surface area contributed by atoms with Crippen molar-refractivity contribution in [3.05, 3.63) is 59.4 Å². The number of pyridine rings is 1. The molecule has 0 unspecified atom stereocenters. The van der Waals surface area contributed by atoms with Gasteiger partial charge in [-0.2, -0.15) is 0 Å². The van der Waals surface area contributed by atoms with Gasteiger partial charge in [0.25, 0.3) is 5.91 Å². The molecule has 0 aliphatic carbocycles. The summed E-state index contributed by atoms with van der Waals surface area (Å²) >= 11 is 5.68. The predicted molar refractivity (Wildman–Crippen MR) is 81.3 cm³/mol. The minimum absolute atomic E-state index is 0.143. The van der Waals surface area contributed by atoms with Crippen LogP contribution in [0.5, 0.6) is 0 Å². The molecule has 1 aromatic heterocycles. The second-order valence-electron chi connectivity index (χ2n) is 4.38. The van der Waals surface area contributed by atoms with Crippen molar-refractivity contribution >= 4 is 23.2 Å². The Morgan fingerprint density at radius 3 is 2.65 bits per heavy atom. The van der Waals surface area contributed by atoms with Gasteiger partial charge in [-0.05, 0) is 24.3 Å². The van der Waals surface area contributed by atoms with Gasteiger partial charge in [0.2, 0.25) is 0 Å². The third-order valence-corrected chi connectivity index (χ3v) is 3.14. The van der Waals surface area contributed by atoms with E-state index in [1.165, 1.54) is 6.20 Å². The summed E-state index contributed by atoms with van der Waals surface area (Å²) < 4.78 is 0. The van der Waals surface area contributed by atoms with Crippen molar-refractivity contribution in [2.45, 2.75) is 0 Å². The summed E-state index contributed by atoms with van der Waals surface area (Å²) in [4.78, 5) is 17.8. The lowest BCUT2D eigenvalue weighted by atomic mass is 10.2. The lowest BCUT2D eigenvalue weighted by Gasteiger charge is -2.19. The van der Waals surface area contributed by atoms with E-state index in [4.69, 9.17) is 11.6 Å². The largest absolute Gasteiger partial charge is 0.373 e. The van der Waals surface area contributed by atoms with Crippen LogP contribution in [0, 0.1) is 0 Å². The molecule has 1 aromatic carbocycles. The molecule has 2 rings (SSSR count). The molecule has 1 heterocycles. The summed E-state index contributed by atoms with van der Waals surface area (Å²) in [5, 5.41) is 3.24. The lowest BCUT2D eigenvalue weighted by molar-refractivity contribution is 0.0954. The van der Waals surface area contributed by atoms with Gasteiger partial charge < -0.3 is 10.2 Å². The number of hydrogen-bond acceptors (Lipinski definition) is 3. The molecule has 1 N–H and O–H groups in total. The van der Waals surface area contributed by atoms with E-state index < -0.39 is 0 Å². The van der Waals surface area contributed by atoms with Crippen molar-refractivity contribution in [1.29, 1.82) is 0 Å². The Balaban J connectivity index is 1.81. The number of anilines is 1. The molecular formula is C15H16ClN3O. The van der Waals surface area contributed by atoms with Crippen LogP contribution in [0.3, 0.4) is 0 Å². The number of aromatic nitrogens is 1. The van der Waals surface area contributed by atoms with Gasteiger partial charge in [0.15, 0.2) is 0 Å². The average molecular weight is 290 g/mol. The third-order valence-electron chi connectivity index (χ3n) is 2.92. The second kappa shape index (κ2) is 6.91. The molecule has 1 amide bonds. The van der Waals surface area contributed by atoms with Crippen molar-refractivity contribution in [3.63, 3.8) is 0 Å². The zero-order valence-corrected chi connectivity index (χ0v) is 12.0. The fourth-order valence-corrected chi connectivity index (χ4v) is 1.87. The number of benzene rings is 1. The maximum atomic E-state index is 11.9. The minimum atomic E-state index is -0.143. The zero-order valence-electron chi connectivity index (χ0n) is 11.2. The molecule has 0 aliphatic heterocycles. The van der Waals surface area contributed by atoms with E-state index in [0.717, 1.165) is 12.2 Å². The maximum Gasteiger partial charge on any atom is 0.252 e. The summed E-state index contributed by atoms with van der Waals surface area (Å²) in [6.07, 6.45) is 1.47. The monoisotopic (exact) mass is 289 g/mol. The number of rotatable bonds is 5. The normalized spacial score (nSPS) is 10.1. The molecule has 20 heavy (non-hydrogen) atoms.